The number of carbonyl (C=O) groups excluding carboxylic acids is 1. The summed E-state index contributed by atoms with van der Waals surface area (Å²) in [6.45, 7) is 0. The number of halogens is 1. The lowest BCUT2D eigenvalue weighted by molar-refractivity contribution is -0.118. The van der Waals surface area contributed by atoms with E-state index in [1.807, 2.05) is 24.3 Å². The van der Waals surface area contributed by atoms with Crippen LogP contribution in [0.25, 0.3) is 0 Å². The number of hydrogen-bond donors (Lipinski definition) is 1. The van der Waals surface area contributed by atoms with Crippen LogP contribution in [0.5, 0.6) is 0 Å². The van der Waals surface area contributed by atoms with Crippen LogP contribution in [-0.4, -0.2) is 5.91 Å². The van der Waals surface area contributed by atoms with Crippen molar-refractivity contribution in [2.24, 2.45) is 29.6 Å². The average molecular weight is 306 g/mol. The highest BCUT2D eigenvalue weighted by molar-refractivity contribution is 9.10. The predicted molar refractivity (Wildman–Crippen MR) is 74.1 cm³/mol. The van der Waals surface area contributed by atoms with Gasteiger partial charge in [0.1, 0.15) is 0 Å². The van der Waals surface area contributed by atoms with Gasteiger partial charge in [-0.25, -0.2) is 0 Å². The molecule has 0 heterocycles. The summed E-state index contributed by atoms with van der Waals surface area (Å²) in [5.41, 5.74) is 0.903. The molecule has 0 spiro atoms. The van der Waals surface area contributed by atoms with E-state index in [9.17, 15) is 4.79 Å². The minimum Gasteiger partial charge on any atom is -0.325 e. The Hall–Kier alpha value is -0.830. The van der Waals surface area contributed by atoms with Crippen LogP contribution >= 0.6 is 15.9 Å². The number of carbonyl (C=O) groups is 1. The van der Waals surface area contributed by atoms with Crippen molar-refractivity contribution in [2.45, 2.75) is 19.3 Å². The van der Waals surface area contributed by atoms with Gasteiger partial charge in [-0.3, -0.25) is 4.79 Å². The predicted octanol–water partition coefficient (Wildman–Crippen LogP) is 3.68. The minimum absolute atomic E-state index is 0.244. The van der Waals surface area contributed by atoms with Crippen molar-refractivity contribution in [1.29, 1.82) is 0 Å². The Morgan fingerprint density at radius 1 is 1.17 bits per heavy atom. The van der Waals surface area contributed by atoms with Crippen LogP contribution in [0, 0.1) is 29.6 Å². The Morgan fingerprint density at radius 3 is 2.50 bits per heavy atom. The first-order chi connectivity index (χ1) is 8.75. The molecule has 0 saturated heterocycles. The lowest BCUT2D eigenvalue weighted by Gasteiger charge is -2.10. The van der Waals surface area contributed by atoms with E-state index >= 15 is 0 Å². The van der Waals surface area contributed by atoms with Crippen LogP contribution in [0.2, 0.25) is 0 Å². The van der Waals surface area contributed by atoms with Crippen molar-refractivity contribution in [3.63, 3.8) is 0 Å². The van der Waals surface area contributed by atoms with Crippen molar-refractivity contribution in [2.75, 3.05) is 5.32 Å². The SMILES string of the molecule is O=C(Nc1ccccc1Br)C1[C@H]2[C@H]3CC[C@@H](C3)[C@H]12. The molecule has 1 amide bonds. The maximum atomic E-state index is 12.3. The summed E-state index contributed by atoms with van der Waals surface area (Å²) < 4.78 is 0.965. The zero-order valence-electron chi connectivity index (χ0n) is 10.1. The topological polar surface area (TPSA) is 29.1 Å². The molecule has 3 heteroatoms. The Bertz CT molecular complexity index is 499. The largest absolute Gasteiger partial charge is 0.325 e. The van der Waals surface area contributed by atoms with E-state index in [0.717, 1.165) is 22.0 Å². The highest BCUT2D eigenvalue weighted by atomic mass is 79.9. The molecule has 1 N–H and O–H groups in total. The van der Waals surface area contributed by atoms with Gasteiger partial charge in [-0.05, 0) is 71.0 Å². The summed E-state index contributed by atoms with van der Waals surface area (Å²) >= 11 is 3.48. The second kappa shape index (κ2) is 3.83. The number of anilines is 1. The Labute approximate surface area is 115 Å². The quantitative estimate of drug-likeness (QED) is 0.887. The van der Waals surface area contributed by atoms with E-state index < -0.39 is 0 Å². The van der Waals surface area contributed by atoms with Crippen LogP contribution < -0.4 is 5.32 Å². The third kappa shape index (κ3) is 1.49. The van der Waals surface area contributed by atoms with Gasteiger partial charge in [0.05, 0.1) is 5.69 Å². The Balaban J connectivity index is 1.48. The molecule has 3 saturated carbocycles. The molecule has 94 valence electrons. The molecular formula is C15H16BrNO. The average Bonchev–Trinajstić information content (AvgIpc) is 2.82. The summed E-state index contributed by atoms with van der Waals surface area (Å²) in [4.78, 5) is 12.3. The molecule has 0 aliphatic heterocycles. The van der Waals surface area contributed by atoms with Crippen LogP contribution in [0.1, 0.15) is 19.3 Å². The molecule has 3 aliphatic rings. The molecule has 0 radical (unpaired) electrons. The fraction of sp³-hybridized carbons (Fsp3) is 0.533. The number of hydrogen-bond acceptors (Lipinski definition) is 1. The normalized spacial score (nSPS) is 39.5. The zero-order valence-corrected chi connectivity index (χ0v) is 11.7. The molecule has 4 rings (SSSR count). The van der Waals surface area contributed by atoms with Crippen molar-refractivity contribution in [3.05, 3.63) is 28.7 Å². The van der Waals surface area contributed by atoms with Gasteiger partial charge < -0.3 is 5.32 Å². The minimum atomic E-state index is 0.244. The van der Waals surface area contributed by atoms with Crippen molar-refractivity contribution in [1.82, 2.24) is 0 Å². The van der Waals surface area contributed by atoms with Gasteiger partial charge in [-0.1, -0.05) is 12.1 Å². The smallest absolute Gasteiger partial charge is 0.228 e. The Morgan fingerprint density at radius 2 is 1.83 bits per heavy atom. The third-order valence-electron chi connectivity index (χ3n) is 5.17. The first-order valence-electron chi connectivity index (χ1n) is 6.81. The van der Waals surface area contributed by atoms with Crippen LogP contribution in [0.3, 0.4) is 0 Å². The van der Waals surface area contributed by atoms with Crippen LogP contribution in [0.4, 0.5) is 5.69 Å². The standard InChI is InChI=1S/C15H16BrNO/c16-10-3-1-2-4-11(10)17-15(18)14-12-8-5-6-9(7-8)13(12)14/h1-4,8-9,12-14H,5-7H2,(H,17,18)/t8-,9-,12-,13-/m0/s1. The molecule has 4 atom stereocenters. The second-order valence-electron chi connectivity index (χ2n) is 5.98. The van der Waals surface area contributed by atoms with Gasteiger partial charge >= 0.3 is 0 Å². The lowest BCUT2D eigenvalue weighted by Crippen LogP contribution is -2.18. The van der Waals surface area contributed by atoms with Crippen LogP contribution in [0.15, 0.2) is 28.7 Å². The van der Waals surface area contributed by atoms with Gasteiger partial charge in [0.15, 0.2) is 0 Å². The van der Waals surface area contributed by atoms with Gasteiger partial charge in [0.2, 0.25) is 5.91 Å². The first-order valence-corrected chi connectivity index (χ1v) is 7.60. The van der Waals surface area contributed by atoms with Gasteiger partial charge in [-0.15, -0.1) is 0 Å². The molecule has 2 bridgehead atoms. The zero-order chi connectivity index (χ0) is 12.3. The van der Waals surface area contributed by atoms with E-state index in [-0.39, 0.29) is 5.91 Å². The third-order valence-corrected chi connectivity index (χ3v) is 5.86. The molecule has 1 aromatic rings. The number of benzene rings is 1. The van der Waals surface area contributed by atoms with E-state index in [0.29, 0.717) is 17.8 Å². The summed E-state index contributed by atoms with van der Waals surface area (Å²) in [6, 6.07) is 7.84. The highest BCUT2D eigenvalue weighted by Crippen LogP contribution is 2.69. The summed E-state index contributed by atoms with van der Waals surface area (Å²) in [6.07, 6.45) is 4.13. The lowest BCUT2D eigenvalue weighted by atomic mass is 10.0. The number of amides is 1. The number of fused-ring (bicyclic) bond motifs is 5. The molecule has 0 aromatic heterocycles. The van der Waals surface area contributed by atoms with Gasteiger partial charge in [0.25, 0.3) is 0 Å². The van der Waals surface area contributed by atoms with Crippen LogP contribution in [-0.2, 0) is 4.79 Å². The molecule has 2 nitrogen and oxygen atoms in total. The summed E-state index contributed by atoms with van der Waals surface area (Å²) in [5, 5.41) is 3.08. The molecule has 3 aliphatic carbocycles. The van der Waals surface area contributed by atoms with E-state index in [1.54, 1.807) is 0 Å². The fourth-order valence-electron chi connectivity index (χ4n) is 4.45. The monoisotopic (exact) mass is 305 g/mol. The number of para-hydroxylation sites is 1. The van der Waals surface area contributed by atoms with E-state index in [4.69, 9.17) is 0 Å². The van der Waals surface area contributed by atoms with Gasteiger partial charge in [0, 0.05) is 10.4 Å². The van der Waals surface area contributed by atoms with E-state index in [1.165, 1.54) is 19.3 Å². The number of rotatable bonds is 2. The van der Waals surface area contributed by atoms with Crippen molar-refractivity contribution < 1.29 is 4.79 Å². The number of nitrogens with one attached hydrogen (secondary N) is 1. The Kier molecular flexibility index (Phi) is 2.35. The van der Waals surface area contributed by atoms with Crippen molar-refractivity contribution in [3.8, 4) is 0 Å². The summed E-state index contributed by atoms with van der Waals surface area (Å²) in [5.74, 6) is 3.69. The molecule has 1 aromatic carbocycles. The fourth-order valence-corrected chi connectivity index (χ4v) is 4.84. The molecular weight excluding hydrogens is 290 g/mol. The highest BCUT2D eigenvalue weighted by Gasteiger charge is 2.67. The van der Waals surface area contributed by atoms with Gasteiger partial charge in [-0.2, -0.15) is 0 Å². The second-order valence-corrected chi connectivity index (χ2v) is 6.84. The summed E-state index contributed by atoms with van der Waals surface area (Å²) in [7, 11) is 0. The maximum absolute atomic E-state index is 12.3. The van der Waals surface area contributed by atoms with E-state index in [2.05, 4.69) is 21.2 Å². The first kappa shape index (κ1) is 11.0. The molecule has 0 unspecified atom stereocenters. The maximum Gasteiger partial charge on any atom is 0.228 e. The van der Waals surface area contributed by atoms with Crippen molar-refractivity contribution >= 4 is 27.5 Å². The molecule has 18 heavy (non-hydrogen) atoms. The molecule has 3 fully saturated rings.